The molecular formula is C20H24N6O2. The fourth-order valence-corrected chi connectivity index (χ4v) is 3.62. The number of aryl methyl sites for hydroxylation is 1. The molecule has 0 aliphatic carbocycles. The van der Waals surface area contributed by atoms with E-state index in [1.807, 2.05) is 37.3 Å². The maximum absolute atomic E-state index is 12.7. The maximum Gasteiger partial charge on any atom is 0.295 e. The Kier molecular flexibility index (Phi) is 5.06. The number of ether oxygens (including phenoxy) is 1. The quantitative estimate of drug-likeness (QED) is 0.748. The summed E-state index contributed by atoms with van der Waals surface area (Å²) in [6, 6.07) is 9.65. The first-order chi connectivity index (χ1) is 13.5. The van der Waals surface area contributed by atoms with Crippen LogP contribution >= 0.6 is 0 Å². The maximum atomic E-state index is 12.7. The van der Waals surface area contributed by atoms with E-state index in [-0.39, 0.29) is 23.9 Å². The van der Waals surface area contributed by atoms with Crippen molar-refractivity contribution in [3.05, 3.63) is 53.6 Å². The summed E-state index contributed by atoms with van der Waals surface area (Å²) in [6.45, 7) is 8.54. The molecule has 1 aliphatic heterocycles. The van der Waals surface area contributed by atoms with E-state index in [1.165, 1.54) is 0 Å². The topological polar surface area (TPSA) is 84.7 Å². The fraction of sp³-hybridized carbons (Fsp3) is 0.400. The van der Waals surface area contributed by atoms with Gasteiger partial charge in [-0.2, -0.15) is 4.98 Å². The molecule has 146 valence electrons. The molecular weight excluding hydrogens is 356 g/mol. The Labute approximate surface area is 163 Å². The number of rotatable bonds is 4. The molecule has 1 fully saturated rings. The number of aromatic nitrogens is 4. The average Bonchev–Trinajstić information content (AvgIpc) is 3.08. The smallest absolute Gasteiger partial charge is 0.295 e. The Morgan fingerprint density at radius 3 is 2.71 bits per heavy atom. The summed E-state index contributed by atoms with van der Waals surface area (Å²) >= 11 is 0. The number of nitrogens with zero attached hydrogens (tertiary/aromatic N) is 5. The van der Waals surface area contributed by atoms with Gasteiger partial charge < -0.3 is 10.1 Å². The molecule has 0 spiro atoms. The molecule has 28 heavy (non-hydrogen) atoms. The van der Waals surface area contributed by atoms with Gasteiger partial charge in [0.2, 0.25) is 5.82 Å². The molecule has 8 heteroatoms. The second-order valence-corrected chi connectivity index (χ2v) is 7.30. The van der Waals surface area contributed by atoms with Crippen molar-refractivity contribution in [2.45, 2.75) is 39.5 Å². The van der Waals surface area contributed by atoms with Gasteiger partial charge in [-0.25, -0.2) is 9.50 Å². The van der Waals surface area contributed by atoms with Crippen LogP contribution in [0.1, 0.15) is 35.7 Å². The lowest BCUT2D eigenvalue weighted by atomic mass is 10.1. The largest absolute Gasteiger partial charge is 0.373 e. The minimum Gasteiger partial charge on any atom is -0.373 e. The van der Waals surface area contributed by atoms with Gasteiger partial charge in [0, 0.05) is 37.2 Å². The van der Waals surface area contributed by atoms with Crippen molar-refractivity contribution in [3.8, 4) is 0 Å². The molecule has 8 nitrogen and oxygen atoms in total. The number of fused-ring (bicyclic) bond motifs is 1. The second-order valence-electron chi connectivity index (χ2n) is 7.30. The SMILES string of the molecule is Cc1ccnc2nc(C(=O)Nc3ccccc3CN3CC(C)OC(C)C3)nn12. The zero-order chi connectivity index (χ0) is 19.7. The lowest BCUT2D eigenvalue weighted by Crippen LogP contribution is -2.44. The van der Waals surface area contributed by atoms with Crippen LogP contribution in [0.2, 0.25) is 0 Å². The zero-order valence-corrected chi connectivity index (χ0v) is 16.3. The van der Waals surface area contributed by atoms with E-state index < -0.39 is 0 Å². The minimum atomic E-state index is -0.346. The summed E-state index contributed by atoms with van der Waals surface area (Å²) in [4.78, 5) is 23.5. The van der Waals surface area contributed by atoms with Crippen LogP contribution < -0.4 is 5.32 Å². The second kappa shape index (κ2) is 7.65. The molecule has 1 aromatic carbocycles. The monoisotopic (exact) mass is 380 g/mol. The summed E-state index contributed by atoms with van der Waals surface area (Å²) in [5, 5.41) is 7.23. The standard InChI is InChI=1S/C20H24N6O2/c1-13-8-9-21-20-23-18(24-26(13)20)19(27)22-17-7-5-4-6-16(17)12-25-10-14(2)28-15(3)11-25/h4-9,14-15H,10-12H2,1-3H3,(H,22,27). The van der Waals surface area contributed by atoms with E-state index in [4.69, 9.17) is 4.74 Å². The fourth-order valence-electron chi connectivity index (χ4n) is 3.62. The number of hydrogen-bond acceptors (Lipinski definition) is 6. The number of hydrogen-bond donors (Lipinski definition) is 1. The molecule has 1 aliphatic rings. The summed E-state index contributed by atoms with van der Waals surface area (Å²) < 4.78 is 7.38. The molecule has 3 aromatic rings. The van der Waals surface area contributed by atoms with Crippen LogP contribution in [0.4, 0.5) is 5.69 Å². The highest BCUT2D eigenvalue weighted by Gasteiger charge is 2.23. The van der Waals surface area contributed by atoms with E-state index in [1.54, 1.807) is 10.7 Å². The van der Waals surface area contributed by atoms with Crippen LogP contribution in [-0.2, 0) is 11.3 Å². The summed E-state index contributed by atoms with van der Waals surface area (Å²) in [5.41, 5.74) is 2.69. The third-order valence-corrected chi connectivity index (χ3v) is 4.79. The molecule has 0 bridgehead atoms. The molecule has 1 saturated heterocycles. The normalized spacial score (nSPS) is 20.4. The number of benzene rings is 1. The molecule has 0 radical (unpaired) electrons. The lowest BCUT2D eigenvalue weighted by Gasteiger charge is -2.35. The lowest BCUT2D eigenvalue weighted by molar-refractivity contribution is -0.0704. The van der Waals surface area contributed by atoms with Crippen molar-refractivity contribution in [2.24, 2.45) is 0 Å². The van der Waals surface area contributed by atoms with Crippen molar-refractivity contribution in [1.82, 2.24) is 24.5 Å². The highest BCUT2D eigenvalue weighted by molar-refractivity contribution is 6.02. The van der Waals surface area contributed by atoms with E-state index in [9.17, 15) is 4.79 Å². The van der Waals surface area contributed by atoms with Crippen LogP contribution in [0.15, 0.2) is 36.5 Å². The van der Waals surface area contributed by atoms with Crippen molar-refractivity contribution < 1.29 is 9.53 Å². The minimum absolute atomic E-state index is 0.102. The van der Waals surface area contributed by atoms with Crippen LogP contribution in [0.25, 0.3) is 5.78 Å². The highest BCUT2D eigenvalue weighted by atomic mass is 16.5. The number of para-hydroxylation sites is 1. The van der Waals surface area contributed by atoms with Gasteiger partial charge in [0.25, 0.3) is 11.7 Å². The Morgan fingerprint density at radius 2 is 1.96 bits per heavy atom. The third-order valence-electron chi connectivity index (χ3n) is 4.79. The van der Waals surface area contributed by atoms with Crippen molar-refractivity contribution >= 4 is 17.4 Å². The molecule has 1 N–H and O–H groups in total. The van der Waals surface area contributed by atoms with Gasteiger partial charge in [0.1, 0.15) is 0 Å². The molecule has 2 unspecified atom stereocenters. The zero-order valence-electron chi connectivity index (χ0n) is 16.3. The first kappa shape index (κ1) is 18.5. The van der Waals surface area contributed by atoms with E-state index in [2.05, 4.69) is 39.1 Å². The Bertz CT molecular complexity index is 991. The van der Waals surface area contributed by atoms with Gasteiger partial charge in [0.15, 0.2) is 0 Å². The number of amides is 1. The third kappa shape index (κ3) is 3.88. The number of carbonyl (C=O) groups is 1. The van der Waals surface area contributed by atoms with E-state index in [0.29, 0.717) is 5.78 Å². The van der Waals surface area contributed by atoms with Gasteiger partial charge in [-0.3, -0.25) is 9.69 Å². The van der Waals surface area contributed by atoms with Gasteiger partial charge in [-0.05, 0) is 38.5 Å². The molecule has 2 atom stereocenters. The first-order valence-corrected chi connectivity index (χ1v) is 9.45. The summed E-state index contributed by atoms with van der Waals surface area (Å²) in [6.07, 6.45) is 2.05. The van der Waals surface area contributed by atoms with Gasteiger partial charge in [-0.1, -0.05) is 18.2 Å². The van der Waals surface area contributed by atoms with E-state index >= 15 is 0 Å². The Morgan fingerprint density at radius 1 is 1.21 bits per heavy atom. The van der Waals surface area contributed by atoms with Crippen LogP contribution in [-0.4, -0.2) is 55.7 Å². The number of morpholine rings is 1. The van der Waals surface area contributed by atoms with Crippen molar-refractivity contribution in [1.29, 1.82) is 0 Å². The molecule has 0 saturated carbocycles. The molecule has 3 heterocycles. The number of anilines is 1. The van der Waals surface area contributed by atoms with Crippen LogP contribution in [0, 0.1) is 6.92 Å². The Hall–Kier alpha value is -2.84. The van der Waals surface area contributed by atoms with Crippen molar-refractivity contribution in [3.63, 3.8) is 0 Å². The van der Waals surface area contributed by atoms with Gasteiger partial charge in [-0.15, -0.1) is 5.10 Å². The molecule has 4 rings (SSSR count). The van der Waals surface area contributed by atoms with Gasteiger partial charge in [0.05, 0.1) is 12.2 Å². The first-order valence-electron chi connectivity index (χ1n) is 9.45. The predicted molar refractivity (Wildman–Crippen MR) is 105 cm³/mol. The number of carbonyl (C=O) groups excluding carboxylic acids is 1. The molecule has 2 aromatic heterocycles. The Balaban J connectivity index is 1.53. The van der Waals surface area contributed by atoms with Crippen LogP contribution in [0.5, 0.6) is 0 Å². The van der Waals surface area contributed by atoms with Crippen LogP contribution in [0.3, 0.4) is 0 Å². The summed E-state index contributed by atoms with van der Waals surface area (Å²) in [5.74, 6) is 0.168. The van der Waals surface area contributed by atoms with Crippen molar-refractivity contribution in [2.75, 3.05) is 18.4 Å². The van der Waals surface area contributed by atoms with Gasteiger partial charge >= 0.3 is 0 Å². The molecule has 1 amide bonds. The highest BCUT2D eigenvalue weighted by Crippen LogP contribution is 2.20. The average molecular weight is 380 g/mol. The van der Waals surface area contributed by atoms with E-state index in [0.717, 1.165) is 36.6 Å². The number of nitrogens with one attached hydrogen (secondary N) is 1. The summed E-state index contributed by atoms with van der Waals surface area (Å²) in [7, 11) is 0. The predicted octanol–water partition coefficient (Wildman–Crippen LogP) is 2.29.